The Morgan fingerprint density at radius 2 is 1.26 bits per heavy atom. The van der Waals surface area contributed by atoms with E-state index in [1.165, 1.54) is 24.3 Å². The first-order valence-corrected chi connectivity index (χ1v) is 23.9. The van der Waals surface area contributed by atoms with Crippen LogP contribution in [0, 0.1) is 33.8 Å². The Morgan fingerprint density at radius 3 is 1.62 bits per heavy atom. The quantitative estimate of drug-likeness (QED) is 0.0220. The van der Waals surface area contributed by atoms with Crippen LogP contribution in [0.15, 0.2) is 48.6 Å². The van der Waals surface area contributed by atoms with E-state index in [0.717, 1.165) is 19.3 Å². The number of nitrogens with two attached hydrogens (primary N) is 1. The highest BCUT2D eigenvalue weighted by atomic mass is 35.5. The van der Waals surface area contributed by atoms with E-state index in [1.54, 1.807) is 28.4 Å². The number of nitro benzene ring substituents is 1. The highest BCUT2D eigenvalue weighted by molar-refractivity contribution is 6.40. The van der Waals surface area contributed by atoms with Gasteiger partial charge in [0.15, 0.2) is 0 Å². The van der Waals surface area contributed by atoms with Crippen LogP contribution in [0.5, 0.6) is 5.75 Å². The molecule has 4 heterocycles. The average Bonchev–Trinajstić information content (AvgIpc) is 4.17. The number of nitrogens with zero attached hydrogens (tertiary/aromatic N) is 1. The molecule has 12 atom stereocenters. The molecule has 388 valence electrons. The Labute approximate surface area is 412 Å². The number of methoxy groups -OCH3 is 4. The van der Waals surface area contributed by atoms with E-state index in [1.807, 2.05) is 0 Å². The van der Waals surface area contributed by atoms with Crippen molar-refractivity contribution >= 4 is 41.1 Å². The summed E-state index contributed by atoms with van der Waals surface area (Å²) in [5, 5.41) is 13.7. The molecule has 1 aromatic carbocycles. The first kappa shape index (κ1) is 59.2. The van der Waals surface area contributed by atoms with Crippen molar-refractivity contribution in [2.75, 3.05) is 73.3 Å². The van der Waals surface area contributed by atoms with Gasteiger partial charge < -0.3 is 63.2 Å². The normalized spacial score (nSPS) is 33.8. The molecule has 6 fully saturated rings. The fourth-order valence-electron chi connectivity index (χ4n) is 9.32. The molecule has 0 aromatic heterocycles. The number of rotatable bonds is 17. The molecule has 2 spiro atoms. The van der Waals surface area contributed by atoms with Crippen molar-refractivity contribution in [3.63, 3.8) is 0 Å². The lowest BCUT2D eigenvalue weighted by Crippen LogP contribution is -2.56. The Bertz CT molecular complexity index is 1780. The number of alkyl carbamates (subject to hydrolysis) is 1. The number of hydrogen-bond acceptors (Lipinski definition) is 16. The fraction of sp³-hybridized carbons (Fsp3) is 0.750. The van der Waals surface area contributed by atoms with Crippen LogP contribution in [0.25, 0.3) is 0 Å². The largest absolute Gasteiger partial charge is 0.514 e. The molecule has 2 unspecified atom stereocenters. The van der Waals surface area contributed by atoms with Crippen molar-refractivity contribution in [1.82, 2.24) is 5.32 Å². The van der Waals surface area contributed by atoms with E-state index in [0.29, 0.717) is 57.8 Å². The summed E-state index contributed by atoms with van der Waals surface area (Å²) < 4.78 is 61.8. The second-order valence-electron chi connectivity index (χ2n) is 18.3. The van der Waals surface area contributed by atoms with E-state index in [-0.39, 0.29) is 77.3 Å². The van der Waals surface area contributed by atoms with Gasteiger partial charge in [-0.3, -0.25) is 10.1 Å². The minimum Gasteiger partial charge on any atom is -0.443 e. The maximum Gasteiger partial charge on any atom is 0.514 e. The predicted molar refractivity (Wildman–Crippen MR) is 257 cm³/mol. The second-order valence-corrected chi connectivity index (χ2v) is 19.2. The van der Waals surface area contributed by atoms with Gasteiger partial charge in [0.2, 0.25) is 0 Å². The van der Waals surface area contributed by atoms with Crippen molar-refractivity contribution in [2.45, 2.75) is 134 Å². The molecule has 6 aliphatic rings. The molecule has 2 aliphatic carbocycles. The van der Waals surface area contributed by atoms with Gasteiger partial charge in [-0.25, -0.2) is 9.59 Å². The van der Waals surface area contributed by atoms with E-state index >= 15 is 0 Å². The molecule has 0 radical (unpaired) electrons. The van der Waals surface area contributed by atoms with E-state index in [2.05, 4.69) is 75.9 Å². The van der Waals surface area contributed by atoms with E-state index in [4.69, 9.17) is 76.3 Å². The number of amides is 1. The first-order valence-electron chi connectivity index (χ1n) is 22.8. The van der Waals surface area contributed by atoms with Crippen LogP contribution in [0.3, 0.4) is 0 Å². The number of nitro groups is 1. The number of benzene rings is 1. The number of allylic oxidation sites excluding steroid dienone is 2. The van der Waals surface area contributed by atoms with Gasteiger partial charge in [0.05, 0.1) is 48.5 Å². The average molecular weight is 1010 g/mol. The molecule has 1 amide bonds. The molecule has 2 saturated carbocycles. The van der Waals surface area contributed by atoms with Crippen LogP contribution in [0.1, 0.15) is 74.7 Å². The SMILES string of the molecule is C.COCCN.COCCNC(=O)O[C@@H]1CC[C@]2(CO2)C([C@]2(C)O[C@@H]2/C=C/C(C)C)[C@@H]1OC.CO[C@H]1C([C@]2(C)O[C@@H]2/C=C/C(C)C)[C@]2(CC[C@H]1OC(=O)Oc1ccc([N+](=O)[O-])cc1)CO2.ClCCl. The monoisotopic (exact) mass is 1010 g/mol. The van der Waals surface area contributed by atoms with Crippen LogP contribution in [-0.4, -0.2) is 149 Å². The number of alkyl halides is 2. The number of carbonyl (C=O) groups is 2. The molecule has 4 aliphatic heterocycles. The maximum atomic E-state index is 12.4. The van der Waals surface area contributed by atoms with Crippen molar-refractivity contribution in [1.29, 1.82) is 0 Å². The summed E-state index contributed by atoms with van der Waals surface area (Å²) in [6.45, 7) is 16.2. The third-order valence-electron chi connectivity index (χ3n) is 12.8. The third-order valence-corrected chi connectivity index (χ3v) is 12.8. The van der Waals surface area contributed by atoms with Crippen molar-refractivity contribution in [3.8, 4) is 5.75 Å². The molecule has 20 heteroatoms. The van der Waals surface area contributed by atoms with Crippen molar-refractivity contribution in [2.24, 2.45) is 29.4 Å². The summed E-state index contributed by atoms with van der Waals surface area (Å²) in [4.78, 5) is 34.8. The maximum absolute atomic E-state index is 12.4. The van der Waals surface area contributed by atoms with Gasteiger partial charge in [-0.1, -0.05) is 59.4 Å². The molecule has 0 bridgehead atoms. The van der Waals surface area contributed by atoms with E-state index < -0.39 is 35.0 Å². The molecule has 1 aromatic rings. The van der Waals surface area contributed by atoms with Gasteiger partial charge in [-0.2, -0.15) is 0 Å². The number of nitrogens with one attached hydrogen (secondary N) is 1. The van der Waals surface area contributed by atoms with Gasteiger partial charge in [0, 0.05) is 53.7 Å². The lowest BCUT2D eigenvalue weighted by atomic mass is 9.68. The summed E-state index contributed by atoms with van der Waals surface area (Å²) in [6.07, 6.45) is 8.51. The summed E-state index contributed by atoms with van der Waals surface area (Å²) >= 11 is 9.53. The third kappa shape index (κ3) is 15.7. The van der Waals surface area contributed by atoms with Crippen LogP contribution >= 0.6 is 23.2 Å². The Hall–Kier alpha value is -3.14. The molecular formula is C48H77Cl2N3O15. The highest BCUT2D eigenvalue weighted by Crippen LogP contribution is 2.60. The van der Waals surface area contributed by atoms with Gasteiger partial charge in [-0.05, 0) is 63.5 Å². The Kier molecular flexibility index (Phi) is 23.4. The van der Waals surface area contributed by atoms with Crippen LogP contribution in [0.4, 0.5) is 15.3 Å². The zero-order valence-corrected chi connectivity index (χ0v) is 42.1. The standard InChI is InChI=1S/C23H29NO8.C20H33NO6.C3H9NO.CH2Cl2.CH4/c1-14(2)5-10-18-22(3,32-18)20-19(28-4)17(11-12-23(20)13-29-23)31-21(25)30-16-8-6-15(7-9-16)24(26)27;1-13(2)6-7-15-19(3,27-15)17-16(24-5)14(8-9-20(17)12-25-20)26-18(22)21-10-11-23-4;1-5-3-2-4;2-1-3;/h5-10,14,17-20H,11-13H2,1-4H3;6-7,13-17H,8-12H2,1-5H3,(H,21,22);2-4H2,1H3;1H2;1H4/b10-5+;7-6+;;;/t17-,18-,19-,20?,22-,23+;14-,15-,16-,17?,19-,20+;;;/m11.../s1. The molecule has 4 saturated heterocycles. The molecule has 68 heavy (non-hydrogen) atoms. The fourth-order valence-corrected chi connectivity index (χ4v) is 9.32. The minimum atomic E-state index is -0.879. The predicted octanol–water partition coefficient (Wildman–Crippen LogP) is 7.98. The summed E-state index contributed by atoms with van der Waals surface area (Å²) in [5.41, 5.74) is 3.55. The lowest BCUT2D eigenvalue weighted by Gasteiger charge is -2.42. The molecule has 7 rings (SSSR count). The summed E-state index contributed by atoms with van der Waals surface area (Å²) in [7, 11) is 6.49. The van der Waals surface area contributed by atoms with Crippen LogP contribution in [0.2, 0.25) is 0 Å². The first-order chi connectivity index (χ1) is 31.9. The highest BCUT2D eigenvalue weighted by Gasteiger charge is 2.73. The topological polar surface area (TPSA) is 230 Å². The summed E-state index contributed by atoms with van der Waals surface area (Å²) in [6, 6.07) is 5.24. The van der Waals surface area contributed by atoms with Gasteiger partial charge in [-0.15, -0.1) is 23.2 Å². The lowest BCUT2D eigenvalue weighted by molar-refractivity contribution is -0.384. The van der Waals surface area contributed by atoms with Gasteiger partial charge in [0.1, 0.15) is 64.8 Å². The number of carbonyl (C=O) groups excluding carboxylic acids is 2. The molecular weight excluding hydrogens is 929 g/mol. The van der Waals surface area contributed by atoms with Crippen molar-refractivity contribution < 1.29 is 66.6 Å². The zero-order chi connectivity index (χ0) is 49.6. The second kappa shape index (κ2) is 26.9. The molecule has 3 N–H and O–H groups in total. The zero-order valence-electron chi connectivity index (χ0n) is 40.6. The number of halogens is 2. The van der Waals surface area contributed by atoms with Gasteiger partial charge >= 0.3 is 12.2 Å². The van der Waals surface area contributed by atoms with Crippen LogP contribution < -0.4 is 15.8 Å². The van der Waals surface area contributed by atoms with Gasteiger partial charge in [0.25, 0.3) is 5.69 Å². The summed E-state index contributed by atoms with van der Waals surface area (Å²) in [5.74, 6) is 0.973. The number of epoxide rings is 4. The molecule has 18 nitrogen and oxygen atoms in total. The smallest absolute Gasteiger partial charge is 0.443 e. The number of ether oxygens (including phenoxy) is 11. The van der Waals surface area contributed by atoms with Crippen LogP contribution in [-0.2, 0) is 47.4 Å². The van der Waals surface area contributed by atoms with Crippen molar-refractivity contribution in [3.05, 3.63) is 58.7 Å². The number of non-ortho nitro benzene ring substituents is 1. The van der Waals surface area contributed by atoms with E-state index in [9.17, 15) is 19.7 Å². The number of hydrogen-bond donors (Lipinski definition) is 2. The minimum absolute atomic E-state index is 0. The Balaban J connectivity index is 0.000000310. The Morgan fingerprint density at radius 1 is 0.824 bits per heavy atom.